The average molecular weight is 1270 g/mol. The molecule has 3 aromatic heterocycles. The lowest BCUT2D eigenvalue weighted by molar-refractivity contribution is 0.391. The highest BCUT2D eigenvalue weighted by molar-refractivity contribution is 7.00. The number of fused-ring (bicyclic) bond motifs is 11. The Morgan fingerprint density at radius 1 is 0.347 bits per heavy atom. The van der Waals surface area contributed by atoms with Crippen molar-refractivity contribution in [3.63, 3.8) is 0 Å². The van der Waals surface area contributed by atoms with Gasteiger partial charge < -0.3 is 23.5 Å². The molecule has 6 aliphatic carbocycles. The number of nitrogens with zero attached hydrogens (tertiary/aromatic N) is 5. The van der Waals surface area contributed by atoms with Crippen molar-refractivity contribution < 1.29 is 0 Å². The Morgan fingerprint density at radius 2 is 0.837 bits per heavy atom. The number of anilines is 4. The fourth-order valence-corrected chi connectivity index (χ4v) is 20.3. The van der Waals surface area contributed by atoms with Crippen LogP contribution in [-0.2, 0) is 0 Å². The molecule has 98 heavy (non-hydrogen) atoms. The Balaban J connectivity index is 0.918. The van der Waals surface area contributed by atoms with Crippen LogP contribution in [-0.4, -0.2) is 32.5 Å². The average Bonchev–Trinajstić information content (AvgIpc) is 1.12. The molecule has 6 atom stereocenters. The lowest BCUT2D eigenvalue weighted by Crippen LogP contribution is -2.65. The fourth-order valence-electron chi connectivity index (χ4n) is 20.3. The molecule has 480 valence electrons. The monoisotopic (exact) mass is 1270 g/mol. The molecule has 0 N–H and O–H groups in total. The molecule has 0 saturated carbocycles. The lowest BCUT2D eigenvalue weighted by Gasteiger charge is -2.53. The molecule has 0 radical (unpaired) electrons. The van der Waals surface area contributed by atoms with Gasteiger partial charge in [-0.05, 0) is 257 Å². The molecule has 0 spiro atoms. The summed E-state index contributed by atoms with van der Waals surface area (Å²) in [6.45, 7) is -0.0599. The van der Waals surface area contributed by atoms with Crippen molar-refractivity contribution in [1.82, 2.24) is 13.7 Å². The number of hydrogen-bond acceptors (Lipinski definition) is 2. The van der Waals surface area contributed by atoms with Crippen molar-refractivity contribution in [1.29, 1.82) is 0 Å². The molecule has 5 heterocycles. The van der Waals surface area contributed by atoms with Gasteiger partial charge in [0.15, 0.2) is 0 Å². The second kappa shape index (κ2) is 24.0. The van der Waals surface area contributed by atoms with Crippen molar-refractivity contribution >= 4 is 100 Å². The van der Waals surface area contributed by atoms with E-state index in [9.17, 15) is 0 Å². The zero-order valence-electron chi connectivity index (χ0n) is 56.3. The first-order valence-electron chi connectivity index (χ1n) is 37.4. The number of para-hydroxylation sites is 5. The number of rotatable bonds is 10. The molecule has 0 fully saturated rings. The van der Waals surface area contributed by atoms with Gasteiger partial charge in [-0.25, -0.2) is 0 Å². The molecule has 12 aromatic rings. The quantitative estimate of drug-likeness (QED) is 0.101. The molecule has 0 saturated heterocycles. The molecule has 0 amide bonds. The standard InChI is InChI=1S/C92H84BN5/c1-6-26-61(27-7-1)71-40-24-41-72(62-28-8-2-9-29-62)91(71)97-86-59-69(95-82-44-20-16-36-75(82)76-37-17-21-45-83(76)95)49-51-79(86)93-80-52-50-70(96-84-46-22-18-38-77(84)78-39-19-23-47-85(78)96)60-87(80)98(92-73(63-30-10-3-11-31-63)42-25-43-74(92)64-32-12-4-13-33-64)89-58-67(57-88(97)90(89)93)65-48-53-81-66(56-65)54-55-94(81)68-34-14-5-15-35-68/h1,3,5-6,10,14-23,28,32,34-40,42,44-61,63,72,74,91-92H,2,4,7-9,11-13,24-27,29-31,33,41,43H2. The van der Waals surface area contributed by atoms with Gasteiger partial charge in [0, 0.05) is 84.8 Å². The van der Waals surface area contributed by atoms with E-state index in [0.29, 0.717) is 23.7 Å². The van der Waals surface area contributed by atoms with Crippen molar-refractivity contribution in [3.8, 4) is 28.2 Å². The Hall–Kier alpha value is -9.78. The molecular weight excluding hydrogens is 1190 g/mol. The summed E-state index contributed by atoms with van der Waals surface area (Å²) < 4.78 is 7.55. The minimum absolute atomic E-state index is 0.0599. The van der Waals surface area contributed by atoms with E-state index >= 15 is 0 Å². The van der Waals surface area contributed by atoms with E-state index in [2.05, 4.69) is 278 Å². The summed E-state index contributed by atoms with van der Waals surface area (Å²) in [5.41, 5.74) is 28.9. The Morgan fingerprint density at radius 3 is 1.31 bits per heavy atom. The van der Waals surface area contributed by atoms with E-state index in [1.54, 1.807) is 22.3 Å². The highest BCUT2D eigenvalue weighted by Crippen LogP contribution is 2.54. The van der Waals surface area contributed by atoms with Gasteiger partial charge in [0.2, 0.25) is 0 Å². The van der Waals surface area contributed by atoms with Gasteiger partial charge in [0.1, 0.15) is 0 Å². The zero-order valence-corrected chi connectivity index (χ0v) is 56.3. The zero-order chi connectivity index (χ0) is 64.4. The van der Waals surface area contributed by atoms with Crippen LogP contribution in [0.25, 0.3) is 82.7 Å². The van der Waals surface area contributed by atoms with Crippen LogP contribution in [0, 0.1) is 23.7 Å². The van der Waals surface area contributed by atoms with Crippen LogP contribution in [0.2, 0.25) is 0 Å². The van der Waals surface area contributed by atoms with Gasteiger partial charge in [-0.2, -0.15) is 0 Å². The molecule has 0 bridgehead atoms. The fraction of sp³-hybridized carbons (Fsp3) is 0.261. The smallest absolute Gasteiger partial charge is 0.252 e. The first-order valence-corrected chi connectivity index (χ1v) is 37.4. The van der Waals surface area contributed by atoms with Crippen molar-refractivity contribution in [2.24, 2.45) is 23.7 Å². The molecule has 8 aliphatic rings. The molecule has 6 unspecified atom stereocenters. The van der Waals surface area contributed by atoms with Gasteiger partial charge in [0.05, 0.1) is 39.7 Å². The topological polar surface area (TPSA) is 21.3 Å². The number of benzene rings is 9. The van der Waals surface area contributed by atoms with E-state index in [1.807, 2.05) is 0 Å². The van der Waals surface area contributed by atoms with Crippen LogP contribution in [0.5, 0.6) is 0 Å². The second-order valence-corrected chi connectivity index (χ2v) is 29.8. The van der Waals surface area contributed by atoms with Gasteiger partial charge >= 0.3 is 0 Å². The van der Waals surface area contributed by atoms with E-state index in [0.717, 1.165) is 51.4 Å². The summed E-state index contributed by atoms with van der Waals surface area (Å²) in [6.07, 6.45) is 44.5. The minimum atomic E-state index is -0.0599. The number of hydrogen-bond donors (Lipinski definition) is 0. The van der Waals surface area contributed by atoms with Crippen molar-refractivity contribution in [2.75, 3.05) is 9.80 Å². The molecule has 20 rings (SSSR count). The molecular formula is C92H84BN5. The lowest BCUT2D eigenvalue weighted by atomic mass is 9.33. The largest absolute Gasteiger partial charge is 0.334 e. The van der Waals surface area contributed by atoms with Crippen LogP contribution in [0.4, 0.5) is 22.7 Å². The van der Waals surface area contributed by atoms with Crippen LogP contribution in [0.1, 0.15) is 116 Å². The number of allylic oxidation sites excluding steroid dienone is 8. The number of aromatic nitrogens is 3. The van der Waals surface area contributed by atoms with Crippen molar-refractivity contribution in [2.45, 2.75) is 128 Å². The first-order chi connectivity index (χ1) is 48.7. The van der Waals surface area contributed by atoms with E-state index < -0.39 is 0 Å². The Labute approximate surface area is 577 Å². The third kappa shape index (κ3) is 9.39. The van der Waals surface area contributed by atoms with Crippen LogP contribution in [0.15, 0.2) is 277 Å². The summed E-state index contributed by atoms with van der Waals surface area (Å²) in [5.74, 6) is 1.67. The maximum Gasteiger partial charge on any atom is 0.252 e. The van der Waals surface area contributed by atoms with Crippen LogP contribution >= 0.6 is 0 Å². The van der Waals surface area contributed by atoms with Gasteiger partial charge in [0.25, 0.3) is 6.71 Å². The summed E-state index contributed by atoms with van der Waals surface area (Å²) >= 11 is 0. The Bertz CT molecular complexity index is 5010. The highest BCUT2D eigenvalue weighted by atomic mass is 15.2. The third-order valence-electron chi connectivity index (χ3n) is 24.7. The maximum absolute atomic E-state index is 3.06. The summed E-state index contributed by atoms with van der Waals surface area (Å²) in [5, 5.41) is 6.44. The maximum atomic E-state index is 3.06. The van der Waals surface area contributed by atoms with Crippen LogP contribution < -0.4 is 26.2 Å². The third-order valence-corrected chi connectivity index (χ3v) is 24.7. The first kappa shape index (κ1) is 58.4. The Kier molecular flexibility index (Phi) is 14.3. The van der Waals surface area contributed by atoms with E-state index in [-0.39, 0.29) is 18.8 Å². The van der Waals surface area contributed by atoms with Gasteiger partial charge in [-0.3, -0.25) is 0 Å². The predicted octanol–water partition coefficient (Wildman–Crippen LogP) is 22.0. The van der Waals surface area contributed by atoms with Gasteiger partial charge in [-0.15, -0.1) is 0 Å². The second-order valence-electron chi connectivity index (χ2n) is 29.8. The minimum Gasteiger partial charge on any atom is -0.334 e. The van der Waals surface area contributed by atoms with E-state index in [4.69, 9.17) is 0 Å². The predicted molar refractivity (Wildman–Crippen MR) is 414 cm³/mol. The van der Waals surface area contributed by atoms with Gasteiger partial charge in [-0.1, -0.05) is 169 Å². The molecule has 2 aliphatic heterocycles. The van der Waals surface area contributed by atoms with Crippen molar-refractivity contribution in [3.05, 3.63) is 277 Å². The van der Waals surface area contributed by atoms with Crippen LogP contribution in [0.3, 0.4) is 0 Å². The molecule has 6 heteroatoms. The summed E-state index contributed by atoms with van der Waals surface area (Å²) in [6, 6.07) is 78.6. The normalized spacial score (nSPS) is 22.3. The summed E-state index contributed by atoms with van der Waals surface area (Å²) in [7, 11) is 0. The molecule has 9 aromatic carbocycles. The highest BCUT2D eigenvalue weighted by Gasteiger charge is 2.51. The SMILES string of the molecule is C1=CCC(C2=CCCC(C3=CCCCC3)C2N2c3cc(-n4c5ccccc5c5ccccc54)ccc3B3c4ccc(-n5c6ccccc6c6ccccc65)cc4N(C4C(C5CC=CCC5)=CCCC4C4=CCCCC4)c4cc(-c5ccc6c(ccn6-c6ccccc6)c5)cc2c43)CC1. The van der Waals surface area contributed by atoms with E-state index in [1.165, 1.54) is 186 Å². The molecule has 5 nitrogen and oxygen atoms in total. The summed E-state index contributed by atoms with van der Waals surface area (Å²) in [4.78, 5) is 6.11.